The molecule has 1 N–H and O–H groups in total. The van der Waals surface area contributed by atoms with Gasteiger partial charge in [0.2, 0.25) is 0 Å². The van der Waals surface area contributed by atoms with E-state index < -0.39 is 0 Å². The highest BCUT2D eigenvalue weighted by Crippen LogP contribution is 2.36. The van der Waals surface area contributed by atoms with Crippen LogP contribution < -0.4 is 4.90 Å². The van der Waals surface area contributed by atoms with Crippen LogP contribution in [0.4, 0.5) is 5.69 Å². The Hall–Kier alpha value is -1.02. The van der Waals surface area contributed by atoms with Gasteiger partial charge in [-0.2, -0.15) is 0 Å². The fourth-order valence-electron chi connectivity index (χ4n) is 3.48. The van der Waals surface area contributed by atoms with Crippen molar-refractivity contribution in [2.24, 2.45) is 0 Å². The first-order valence-corrected chi connectivity index (χ1v) is 6.88. The van der Waals surface area contributed by atoms with Crippen LogP contribution in [0.5, 0.6) is 0 Å². The Morgan fingerprint density at radius 1 is 1.24 bits per heavy atom. The van der Waals surface area contributed by atoms with Crippen molar-refractivity contribution in [3.63, 3.8) is 0 Å². The number of rotatable bonds is 3. The molecule has 1 heterocycles. The van der Waals surface area contributed by atoms with Gasteiger partial charge in [0.15, 0.2) is 0 Å². The lowest BCUT2D eigenvalue weighted by Crippen LogP contribution is -2.31. The monoisotopic (exact) mass is 231 g/mol. The van der Waals surface area contributed by atoms with Crippen LogP contribution in [0.15, 0.2) is 18.2 Å². The van der Waals surface area contributed by atoms with E-state index in [0.717, 1.165) is 12.5 Å². The molecule has 0 amide bonds. The Bertz CT molecular complexity index is 396. The number of benzene rings is 1. The molecule has 1 aliphatic heterocycles. The molecule has 1 saturated carbocycles. The molecule has 0 bridgehead atoms. The molecule has 92 valence electrons. The second-order valence-electron chi connectivity index (χ2n) is 5.27. The Balaban J connectivity index is 1.88. The van der Waals surface area contributed by atoms with Crippen LogP contribution in [0, 0.1) is 0 Å². The molecule has 0 saturated heterocycles. The topological polar surface area (TPSA) is 23.5 Å². The largest absolute Gasteiger partial charge is 0.396 e. The molecule has 0 unspecified atom stereocenters. The first kappa shape index (κ1) is 11.1. The van der Waals surface area contributed by atoms with Crippen LogP contribution in [0.2, 0.25) is 0 Å². The van der Waals surface area contributed by atoms with Gasteiger partial charge < -0.3 is 10.0 Å². The lowest BCUT2D eigenvalue weighted by Gasteiger charge is -2.27. The predicted molar refractivity (Wildman–Crippen MR) is 70.5 cm³/mol. The van der Waals surface area contributed by atoms with Crippen LogP contribution in [-0.4, -0.2) is 24.3 Å². The van der Waals surface area contributed by atoms with Gasteiger partial charge in [0.05, 0.1) is 0 Å². The van der Waals surface area contributed by atoms with Gasteiger partial charge in [-0.3, -0.25) is 0 Å². The van der Waals surface area contributed by atoms with Crippen LogP contribution >= 0.6 is 0 Å². The number of aliphatic hydroxyl groups excluding tert-OH is 1. The van der Waals surface area contributed by atoms with Gasteiger partial charge in [0.1, 0.15) is 0 Å². The smallest absolute Gasteiger partial charge is 0.0471 e. The zero-order valence-electron chi connectivity index (χ0n) is 10.4. The van der Waals surface area contributed by atoms with E-state index >= 15 is 0 Å². The SMILES string of the molecule is OCCc1cccc2c1CCN2C1CCCC1. The molecular weight excluding hydrogens is 210 g/mol. The van der Waals surface area contributed by atoms with Crippen molar-refractivity contribution in [1.82, 2.24) is 0 Å². The summed E-state index contributed by atoms with van der Waals surface area (Å²) in [5, 5.41) is 9.11. The zero-order valence-corrected chi connectivity index (χ0v) is 10.4. The van der Waals surface area contributed by atoms with Crippen LogP contribution in [-0.2, 0) is 12.8 Å². The summed E-state index contributed by atoms with van der Waals surface area (Å²) < 4.78 is 0. The molecule has 1 fully saturated rings. The molecule has 0 spiro atoms. The maximum Gasteiger partial charge on any atom is 0.0471 e. The van der Waals surface area contributed by atoms with Crippen molar-refractivity contribution in [2.45, 2.75) is 44.6 Å². The highest BCUT2D eigenvalue weighted by Gasteiger charge is 2.28. The first-order chi connectivity index (χ1) is 8.40. The minimum atomic E-state index is 0.264. The third kappa shape index (κ3) is 1.95. The third-order valence-electron chi connectivity index (χ3n) is 4.31. The summed E-state index contributed by atoms with van der Waals surface area (Å²) in [5.74, 6) is 0. The highest BCUT2D eigenvalue weighted by molar-refractivity contribution is 5.61. The predicted octanol–water partition coefficient (Wildman–Crippen LogP) is 2.53. The van der Waals surface area contributed by atoms with Crippen molar-refractivity contribution in [2.75, 3.05) is 18.1 Å². The molecule has 0 aromatic heterocycles. The number of aliphatic hydroxyl groups is 1. The summed E-state index contributed by atoms with van der Waals surface area (Å²) in [5.41, 5.74) is 4.29. The fraction of sp³-hybridized carbons (Fsp3) is 0.600. The molecule has 0 atom stereocenters. The van der Waals surface area contributed by atoms with E-state index in [1.54, 1.807) is 0 Å². The van der Waals surface area contributed by atoms with Gasteiger partial charge in [-0.15, -0.1) is 0 Å². The maximum absolute atomic E-state index is 9.11. The van der Waals surface area contributed by atoms with Crippen LogP contribution in [0.3, 0.4) is 0 Å². The van der Waals surface area contributed by atoms with Crippen molar-refractivity contribution in [3.05, 3.63) is 29.3 Å². The van der Waals surface area contributed by atoms with E-state index in [4.69, 9.17) is 5.11 Å². The van der Waals surface area contributed by atoms with E-state index in [2.05, 4.69) is 23.1 Å². The summed E-state index contributed by atoms with van der Waals surface area (Å²) in [6, 6.07) is 7.37. The average molecular weight is 231 g/mol. The normalized spacial score (nSPS) is 19.9. The van der Waals surface area contributed by atoms with E-state index in [1.807, 2.05) is 0 Å². The van der Waals surface area contributed by atoms with Crippen molar-refractivity contribution < 1.29 is 5.11 Å². The van der Waals surface area contributed by atoms with E-state index in [9.17, 15) is 0 Å². The Kier molecular flexibility index (Phi) is 3.06. The number of nitrogens with zero attached hydrogens (tertiary/aromatic N) is 1. The zero-order chi connectivity index (χ0) is 11.7. The van der Waals surface area contributed by atoms with Crippen LogP contribution in [0.25, 0.3) is 0 Å². The van der Waals surface area contributed by atoms with Gasteiger partial charge in [-0.1, -0.05) is 25.0 Å². The lowest BCUT2D eigenvalue weighted by molar-refractivity contribution is 0.299. The molecule has 3 rings (SSSR count). The standard InChI is InChI=1S/C15H21NO/c17-11-9-12-4-3-7-15-14(12)8-10-16(15)13-5-1-2-6-13/h3-4,7,13,17H,1-2,5-6,8-11H2. The van der Waals surface area contributed by atoms with Gasteiger partial charge >= 0.3 is 0 Å². The summed E-state index contributed by atoms with van der Waals surface area (Å²) in [6.07, 6.45) is 7.50. The quantitative estimate of drug-likeness (QED) is 0.864. The average Bonchev–Trinajstić information content (AvgIpc) is 2.97. The minimum absolute atomic E-state index is 0.264. The fourth-order valence-corrected chi connectivity index (χ4v) is 3.48. The summed E-state index contributed by atoms with van der Waals surface area (Å²) in [7, 11) is 0. The molecule has 0 radical (unpaired) electrons. The number of anilines is 1. The van der Waals surface area contributed by atoms with Gasteiger partial charge in [-0.05, 0) is 42.9 Å². The molecule has 2 aliphatic rings. The third-order valence-corrected chi connectivity index (χ3v) is 4.31. The summed E-state index contributed by atoms with van der Waals surface area (Å²) in [4.78, 5) is 2.61. The molecule has 1 aromatic rings. The Morgan fingerprint density at radius 2 is 2.06 bits per heavy atom. The summed E-state index contributed by atoms with van der Waals surface area (Å²) in [6.45, 7) is 1.45. The maximum atomic E-state index is 9.11. The second-order valence-corrected chi connectivity index (χ2v) is 5.27. The number of fused-ring (bicyclic) bond motifs is 1. The molecule has 17 heavy (non-hydrogen) atoms. The molecule has 2 heteroatoms. The number of hydrogen-bond donors (Lipinski definition) is 1. The molecule has 1 aromatic carbocycles. The Labute approximate surface area is 103 Å². The lowest BCUT2D eigenvalue weighted by atomic mass is 10.0. The van der Waals surface area contributed by atoms with Crippen LogP contribution in [0.1, 0.15) is 36.8 Å². The van der Waals surface area contributed by atoms with E-state index in [1.165, 1.54) is 55.5 Å². The molecule has 1 aliphatic carbocycles. The highest BCUT2D eigenvalue weighted by atomic mass is 16.2. The van der Waals surface area contributed by atoms with Crippen molar-refractivity contribution >= 4 is 5.69 Å². The second kappa shape index (κ2) is 4.69. The molecule has 2 nitrogen and oxygen atoms in total. The van der Waals surface area contributed by atoms with E-state index in [0.29, 0.717) is 0 Å². The Morgan fingerprint density at radius 3 is 2.82 bits per heavy atom. The summed E-state index contributed by atoms with van der Waals surface area (Å²) >= 11 is 0. The van der Waals surface area contributed by atoms with Crippen molar-refractivity contribution in [1.29, 1.82) is 0 Å². The van der Waals surface area contributed by atoms with Gasteiger partial charge in [0, 0.05) is 24.9 Å². The molecular formula is C15H21NO. The first-order valence-electron chi connectivity index (χ1n) is 6.88. The van der Waals surface area contributed by atoms with Gasteiger partial charge in [0.25, 0.3) is 0 Å². The minimum Gasteiger partial charge on any atom is -0.396 e. The van der Waals surface area contributed by atoms with E-state index in [-0.39, 0.29) is 6.61 Å². The van der Waals surface area contributed by atoms with Gasteiger partial charge in [-0.25, -0.2) is 0 Å². The number of hydrogen-bond acceptors (Lipinski definition) is 2. The van der Waals surface area contributed by atoms with Crippen molar-refractivity contribution in [3.8, 4) is 0 Å².